The van der Waals surface area contributed by atoms with Gasteiger partial charge in [0.2, 0.25) is 0 Å². The number of hydrogen-bond acceptors (Lipinski definition) is 2. The lowest BCUT2D eigenvalue weighted by Crippen LogP contribution is -2.36. The summed E-state index contributed by atoms with van der Waals surface area (Å²) in [7, 11) is 0. The number of hydrogen-bond donors (Lipinski definition) is 0. The first-order chi connectivity index (χ1) is 27.8. The molecule has 0 N–H and O–H groups in total. The lowest BCUT2D eigenvalue weighted by molar-refractivity contribution is 0.752. The van der Waals surface area contributed by atoms with E-state index in [-0.39, 0.29) is 0 Å². The minimum atomic E-state index is -0.495. The molecule has 0 atom stereocenters. The molecule has 1 aromatic heterocycles. The maximum Gasteiger partial charge on any atom is 0.0754 e. The summed E-state index contributed by atoms with van der Waals surface area (Å²) in [5.74, 6) is 0. The highest BCUT2D eigenvalue weighted by Crippen LogP contribution is 2.63. The van der Waals surface area contributed by atoms with Gasteiger partial charge in [-0.15, -0.1) is 0 Å². The summed E-state index contributed by atoms with van der Waals surface area (Å²) < 4.78 is 0. The maximum atomic E-state index is 5.43. The standard InChI is InChI=1S/C54H36N2/c1-4-17-37(18-5-1)39-21-16-22-40(33-39)50-35-42(38-19-6-2-7-20-38)36-51(55-50)41-31-32-47-45(34-41)44-25-10-11-26-46(44)54(47)48-27-12-14-29-52(48)56(43-23-8-3-9-24-43)53-30-15-13-28-49(53)54/h1-36H. The first-order valence-electron chi connectivity index (χ1n) is 19.3. The van der Waals surface area contributed by atoms with Crippen molar-refractivity contribution in [2.75, 3.05) is 4.90 Å². The molecule has 0 unspecified atom stereocenters. The molecule has 1 aliphatic heterocycles. The minimum absolute atomic E-state index is 0.495. The van der Waals surface area contributed by atoms with E-state index in [1.54, 1.807) is 0 Å². The largest absolute Gasteiger partial charge is 0.310 e. The van der Waals surface area contributed by atoms with Gasteiger partial charge in [0.1, 0.15) is 0 Å². The number of para-hydroxylation sites is 3. The lowest BCUT2D eigenvalue weighted by Gasteiger charge is -2.45. The summed E-state index contributed by atoms with van der Waals surface area (Å²) in [6.45, 7) is 0. The fourth-order valence-electron chi connectivity index (χ4n) is 9.24. The van der Waals surface area contributed by atoms with Crippen molar-refractivity contribution < 1.29 is 0 Å². The van der Waals surface area contributed by atoms with Crippen molar-refractivity contribution in [2.24, 2.45) is 0 Å². The van der Waals surface area contributed by atoms with Crippen LogP contribution in [0.1, 0.15) is 22.3 Å². The van der Waals surface area contributed by atoms with Gasteiger partial charge >= 0.3 is 0 Å². The number of nitrogens with zero attached hydrogens (tertiary/aromatic N) is 2. The highest BCUT2D eigenvalue weighted by molar-refractivity contribution is 5.96. The second-order valence-electron chi connectivity index (χ2n) is 14.7. The van der Waals surface area contributed by atoms with Crippen LogP contribution in [0, 0.1) is 0 Å². The molecule has 0 radical (unpaired) electrons. The number of aromatic nitrogens is 1. The third-order valence-electron chi connectivity index (χ3n) is 11.7. The van der Waals surface area contributed by atoms with E-state index in [1.807, 2.05) is 0 Å². The monoisotopic (exact) mass is 712 g/mol. The molecule has 1 spiro atoms. The second-order valence-corrected chi connectivity index (χ2v) is 14.7. The van der Waals surface area contributed by atoms with Crippen molar-refractivity contribution in [2.45, 2.75) is 5.41 Å². The highest BCUT2D eigenvalue weighted by atomic mass is 15.2. The molecular weight excluding hydrogens is 677 g/mol. The van der Waals surface area contributed by atoms with Crippen LogP contribution in [0.3, 0.4) is 0 Å². The topological polar surface area (TPSA) is 16.1 Å². The molecule has 262 valence electrons. The van der Waals surface area contributed by atoms with Crippen LogP contribution in [0.25, 0.3) is 55.9 Å². The van der Waals surface area contributed by atoms with Crippen molar-refractivity contribution in [3.8, 4) is 55.9 Å². The number of benzene rings is 8. The van der Waals surface area contributed by atoms with Gasteiger partial charge in [-0.05, 0) is 104 Å². The quantitative estimate of drug-likeness (QED) is 0.177. The van der Waals surface area contributed by atoms with E-state index >= 15 is 0 Å². The highest BCUT2D eigenvalue weighted by Gasteiger charge is 2.51. The average Bonchev–Trinajstić information content (AvgIpc) is 3.57. The third-order valence-corrected chi connectivity index (χ3v) is 11.7. The average molecular weight is 713 g/mol. The van der Waals surface area contributed by atoms with E-state index in [0.29, 0.717) is 0 Å². The van der Waals surface area contributed by atoms with Crippen molar-refractivity contribution in [1.82, 2.24) is 4.98 Å². The minimum Gasteiger partial charge on any atom is -0.310 e. The normalized spacial score (nSPS) is 13.1. The molecule has 0 saturated heterocycles. The molecule has 0 saturated carbocycles. The lowest BCUT2D eigenvalue weighted by atomic mass is 9.64. The summed E-state index contributed by atoms with van der Waals surface area (Å²) in [6.07, 6.45) is 0. The van der Waals surface area contributed by atoms with Gasteiger partial charge in [-0.1, -0.05) is 170 Å². The summed E-state index contributed by atoms with van der Waals surface area (Å²) in [5, 5.41) is 0. The van der Waals surface area contributed by atoms with Crippen LogP contribution >= 0.6 is 0 Å². The van der Waals surface area contributed by atoms with Crippen LogP contribution in [0.5, 0.6) is 0 Å². The van der Waals surface area contributed by atoms with Gasteiger partial charge in [0.15, 0.2) is 0 Å². The van der Waals surface area contributed by atoms with Gasteiger partial charge < -0.3 is 4.90 Å². The molecule has 0 fully saturated rings. The molecule has 8 aromatic carbocycles. The Kier molecular flexibility index (Phi) is 7.43. The Balaban J connectivity index is 1.12. The number of rotatable bonds is 5. The van der Waals surface area contributed by atoms with Crippen LogP contribution in [0.15, 0.2) is 218 Å². The Bertz CT molecular complexity index is 2870. The zero-order chi connectivity index (χ0) is 37.1. The van der Waals surface area contributed by atoms with Crippen molar-refractivity contribution in [3.05, 3.63) is 241 Å². The molecule has 2 nitrogen and oxygen atoms in total. The van der Waals surface area contributed by atoms with E-state index in [2.05, 4.69) is 223 Å². The first kappa shape index (κ1) is 32.2. The Morgan fingerprint density at radius 3 is 1.45 bits per heavy atom. The van der Waals surface area contributed by atoms with E-state index < -0.39 is 5.41 Å². The fourth-order valence-corrected chi connectivity index (χ4v) is 9.24. The predicted octanol–water partition coefficient (Wildman–Crippen LogP) is 13.9. The number of pyridine rings is 1. The van der Waals surface area contributed by atoms with Crippen LogP contribution in [0.2, 0.25) is 0 Å². The molecule has 56 heavy (non-hydrogen) atoms. The molecular formula is C54H36N2. The summed E-state index contributed by atoms with van der Waals surface area (Å²) >= 11 is 0. The SMILES string of the molecule is c1ccc(-c2cccc(-c3cc(-c4ccccc4)cc(-c4ccc5c(c4)-c4ccccc4C54c5ccccc5N(c5ccccc5)c5ccccc54)n3)c2)cc1. The van der Waals surface area contributed by atoms with Crippen LogP contribution in [-0.2, 0) is 5.41 Å². The summed E-state index contributed by atoms with van der Waals surface area (Å²) in [6, 6.07) is 79.2. The van der Waals surface area contributed by atoms with Gasteiger partial charge in [-0.25, -0.2) is 4.98 Å². The summed E-state index contributed by atoms with van der Waals surface area (Å²) in [5.41, 5.74) is 19.5. The van der Waals surface area contributed by atoms with E-state index in [1.165, 1.54) is 61.4 Å². The predicted molar refractivity (Wildman–Crippen MR) is 232 cm³/mol. The molecule has 2 heteroatoms. The molecule has 2 aliphatic rings. The second kappa shape index (κ2) is 12.9. The summed E-state index contributed by atoms with van der Waals surface area (Å²) in [4.78, 5) is 7.86. The van der Waals surface area contributed by atoms with Crippen LogP contribution in [0.4, 0.5) is 17.1 Å². The first-order valence-corrected chi connectivity index (χ1v) is 19.3. The fraction of sp³-hybridized carbons (Fsp3) is 0.0185. The molecule has 2 heterocycles. The Labute approximate surface area is 327 Å². The van der Waals surface area contributed by atoms with Gasteiger partial charge in [0.25, 0.3) is 0 Å². The third kappa shape index (κ3) is 4.93. The molecule has 0 bridgehead atoms. The number of fused-ring (bicyclic) bond motifs is 9. The Morgan fingerprint density at radius 1 is 0.304 bits per heavy atom. The smallest absolute Gasteiger partial charge is 0.0754 e. The van der Waals surface area contributed by atoms with E-state index in [0.717, 1.165) is 33.8 Å². The zero-order valence-corrected chi connectivity index (χ0v) is 30.7. The van der Waals surface area contributed by atoms with Gasteiger partial charge in [-0.3, -0.25) is 0 Å². The molecule has 9 aromatic rings. The van der Waals surface area contributed by atoms with E-state index in [4.69, 9.17) is 4.98 Å². The van der Waals surface area contributed by atoms with Crippen molar-refractivity contribution in [3.63, 3.8) is 0 Å². The molecule has 11 rings (SSSR count). The number of anilines is 3. The van der Waals surface area contributed by atoms with Crippen LogP contribution < -0.4 is 4.90 Å². The van der Waals surface area contributed by atoms with E-state index in [9.17, 15) is 0 Å². The Morgan fingerprint density at radius 2 is 0.786 bits per heavy atom. The van der Waals surface area contributed by atoms with Gasteiger partial charge in [-0.2, -0.15) is 0 Å². The van der Waals surface area contributed by atoms with Gasteiger partial charge in [0, 0.05) is 16.8 Å². The molecule has 1 aliphatic carbocycles. The van der Waals surface area contributed by atoms with Crippen molar-refractivity contribution >= 4 is 17.1 Å². The van der Waals surface area contributed by atoms with Crippen molar-refractivity contribution in [1.29, 1.82) is 0 Å². The Hall–Kier alpha value is -7.29. The van der Waals surface area contributed by atoms with Crippen LogP contribution in [-0.4, -0.2) is 4.98 Å². The zero-order valence-electron chi connectivity index (χ0n) is 30.7. The van der Waals surface area contributed by atoms with Gasteiger partial charge in [0.05, 0.1) is 28.2 Å². The molecule has 0 amide bonds. The maximum absolute atomic E-state index is 5.43.